The zero-order valence-corrected chi connectivity index (χ0v) is 13.0. The quantitative estimate of drug-likeness (QED) is 0.109. The highest BCUT2D eigenvalue weighted by Gasteiger charge is 2.27. The van der Waals surface area contributed by atoms with Gasteiger partial charge in [0, 0.05) is 28.0 Å². The predicted molar refractivity (Wildman–Crippen MR) is 82.4 cm³/mol. The van der Waals surface area contributed by atoms with E-state index in [2.05, 4.69) is 10.0 Å². The number of hydrogen-bond acceptors (Lipinski definition) is 7. The Hall–Kier alpha value is -3.39. The zero-order valence-electron chi connectivity index (χ0n) is 13.0. The lowest BCUT2D eigenvalue weighted by Gasteiger charge is -2.13. The Labute approximate surface area is 136 Å². The molecule has 0 bridgehead atoms. The third-order valence-corrected chi connectivity index (χ3v) is 2.63. The van der Waals surface area contributed by atoms with E-state index in [-0.39, 0.29) is 23.6 Å². The van der Waals surface area contributed by atoms with Gasteiger partial charge in [-0.05, 0) is 12.5 Å². The van der Waals surface area contributed by atoms with E-state index in [9.17, 15) is 19.7 Å². The highest BCUT2D eigenvalue weighted by atomic mass is 16.6. The molecule has 10 nitrogen and oxygen atoms in total. The molecule has 0 unspecified atom stereocenters. The largest absolute Gasteiger partial charge is 0.462 e. The lowest BCUT2D eigenvalue weighted by atomic mass is 10.1. The van der Waals surface area contributed by atoms with Crippen LogP contribution in [0.25, 0.3) is 16.2 Å². The summed E-state index contributed by atoms with van der Waals surface area (Å²) in [5.74, 6) is -2.17. The third-order valence-electron chi connectivity index (χ3n) is 2.63. The number of ether oxygens (including phenoxy) is 2. The maximum atomic E-state index is 12.1. The van der Waals surface area contributed by atoms with Crippen molar-refractivity contribution >= 4 is 23.4 Å². The minimum Gasteiger partial charge on any atom is -0.462 e. The summed E-state index contributed by atoms with van der Waals surface area (Å²) in [6, 6.07) is 5.90. The molecule has 0 radical (unpaired) electrons. The van der Waals surface area contributed by atoms with Crippen molar-refractivity contribution in [3.63, 3.8) is 0 Å². The fourth-order valence-corrected chi connectivity index (χ4v) is 1.80. The lowest BCUT2D eigenvalue weighted by Crippen LogP contribution is -2.19. The maximum absolute atomic E-state index is 12.1. The first-order valence-corrected chi connectivity index (χ1v) is 6.75. The monoisotopic (exact) mass is 334 g/mol. The van der Waals surface area contributed by atoms with E-state index in [0.29, 0.717) is 0 Å². The summed E-state index contributed by atoms with van der Waals surface area (Å²) < 4.78 is 9.80. The number of rotatable bonds is 7. The van der Waals surface area contributed by atoms with E-state index < -0.39 is 29.0 Å². The highest BCUT2D eigenvalue weighted by Crippen LogP contribution is 2.30. The molecule has 1 rings (SSSR count). The highest BCUT2D eigenvalue weighted by molar-refractivity contribution is 5.99. The van der Waals surface area contributed by atoms with Gasteiger partial charge in [-0.25, -0.2) is 4.79 Å². The normalized spacial score (nSPS) is 10.9. The Bertz CT molecular complexity index is 737. The van der Waals surface area contributed by atoms with Crippen LogP contribution < -0.4 is 0 Å². The molecule has 0 N–H and O–H groups in total. The first kappa shape index (κ1) is 18.7. The molecule has 0 fully saturated rings. The molecule has 1 aromatic rings. The standard InChI is InChI=1S/C14H14N4O6/c1-3-23-14(20)11(8-18(21)22)13(24-9(2)19)10-6-4-5-7-12(10)16-17-15/h4-7H,3,8H2,1-2H3/b13-11-. The van der Waals surface area contributed by atoms with Crippen molar-refractivity contribution in [1.82, 2.24) is 0 Å². The zero-order chi connectivity index (χ0) is 18.1. The smallest absolute Gasteiger partial charge is 0.344 e. The van der Waals surface area contributed by atoms with Gasteiger partial charge in [-0.3, -0.25) is 14.9 Å². The summed E-state index contributed by atoms with van der Waals surface area (Å²) >= 11 is 0. The molecule has 10 heteroatoms. The summed E-state index contributed by atoms with van der Waals surface area (Å²) in [5.41, 5.74) is 8.27. The van der Waals surface area contributed by atoms with Gasteiger partial charge in [0.25, 0.3) is 0 Å². The minimum absolute atomic E-state index is 0.0224. The molecular weight excluding hydrogens is 320 g/mol. The summed E-state index contributed by atoms with van der Waals surface area (Å²) in [5, 5.41) is 14.3. The second-order valence-corrected chi connectivity index (χ2v) is 4.32. The lowest BCUT2D eigenvalue weighted by molar-refractivity contribution is -0.470. The summed E-state index contributed by atoms with van der Waals surface area (Å²) in [7, 11) is 0. The Morgan fingerprint density at radius 1 is 1.38 bits per heavy atom. The molecule has 0 aromatic heterocycles. The fraction of sp³-hybridized carbons (Fsp3) is 0.286. The van der Waals surface area contributed by atoms with Crippen LogP contribution in [0.5, 0.6) is 0 Å². The minimum atomic E-state index is -0.999. The number of carbonyl (C=O) groups is 2. The Balaban J connectivity index is 3.66. The Morgan fingerprint density at radius 3 is 2.58 bits per heavy atom. The van der Waals surface area contributed by atoms with Crippen LogP contribution in [-0.2, 0) is 19.1 Å². The van der Waals surface area contributed by atoms with E-state index >= 15 is 0 Å². The summed E-state index contributed by atoms with van der Waals surface area (Å²) in [6.45, 7) is 1.66. The molecule has 126 valence electrons. The van der Waals surface area contributed by atoms with Crippen LogP contribution in [0.2, 0.25) is 0 Å². The Kier molecular flexibility index (Phi) is 6.93. The average Bonchev–Trinajstić information content (AvgIpc) is 2.51. The Morgan fingerprint density at radius 2 is 2.04 bits per heavy atom. The molecule has 0 spiro atoms. The van der Waals surface area contributed by atoms with Gasteiger partial charge in [-0.1, -0.05) is 29.4 Å². The van der Waals surface area contributed by atoms with Crippen molar-refractivity contribution in [2.75, 3.05) is 13.2 Å². The van der Waals surface area contributed by atoms with Gasteiger partial charge in [0.05, 0.1) is 6.61 Å². The molecule has 0 atom stereocenters. The van der Waals surface area contributed by atoms with Gasteiger partial charge in [0.2, 0.25) is 6.54 Å². The second-order valence-electron chi connectivity index (χ2n) is 4.32. The van der Waals surface area contributed by atoms with Crippen molar-refractivity contribution in [2.24, 2.45) is 5.11 Å². The van der Waals surface area contributed by atoms with Crippen molar-refractivity contribution in [1.29, 1.82) is 0 Å². The molecule has 0 saturated heterocycles. The van der Waals surface area contributed by atoms with Crippen LogP contribution in [0.4, 0.5) is 5.69 Å². The van der Waals surface area contributed by atoms with Gasteiger partial charge in [-0.15, -0.1) is 0 Å². The van der Waals surface area contributed by atoms with Crippen molar-refractivity contribution in [3.8, 4) is 0 Å². The van der Waals surface area contributed by atoms with Crippen molar-refractivity contribution in [2.45, 2.75) is 13.8 Å². The molecule has 1 aromatic carbocycles. The summed E-state index contributed by atoms with van der Waals surface area (Å²) in [4.78, 5) is 36.2. The van der Waals surface area contributed by atoms with E-state index in [1.54, 1.807) is 6.07 Å². The van der Waals surface area contributed by atoms with Gasteiger partial charge < -0.3 is 9.47 Å². The van der Waals surface area contributed by atoms with Gasteiger partial charge >= 0.3 is 11.9 Å². The van der Waals surface area contributed by atoms with E-state index in [4.69, 9.17) is 15.0 Å². The van der Waals surface area contributed by atoms with Gasteiger partial charge in [0.1, 0.15) is 0 Å². The summed E-state index contributed by atoms with van der Waals surface area (Å²) in [6.07, 6.45) is 0. The van der Waals surface area contributed by atoms with E-state index in [0.717, 1.165) is 6.92 Å². The van der Waals surface area contributed by atoms with Gasteiger partial charge in [0.15, 0.2) is 11.3 Å². The number of hydrogen-bond donors (Lipinski definition) is 0. The molecule has 0 heterocycles. The van der Waals surface area contributed by atoms with Crippen LogP contribution >= 0.6 is 0 Å². The van der Waals surface area contributed by atoms with E-state index in [1.807, 2.05) is 0 Å². The molecule has 0 aliphatic rings. The molecular formula is C14H14N4O6. The molecule has 0 aliphatic heterocycles. The van der Waals surface area contributed by atoms with Crippen LogP contribution in [0.15, 0.2) is 35.0 Å². The number of nitrogens with zero attached hydrogens (tertiary/aromatic N) is 4. The second kappa shape index (κ2) is 8.91. The third kappa shape index (κ3) is 5.11. The topological polar surface area (TPSA) is 145 Å². The number of esters is 2. The molecule has 0 saturated carbocycles. The average molecular weight is 334 g/mol. The molecule has 0 aliphatic carbocycles. The number of carbonyl (C=O) groups excluding carboxylic acids is 2. The fourth-order valence-electron chi connectivity index (χ4n) is 1.80. The number of azide groups is 1. The SMILES string of the molecule is CCOC(=O)/C(C[N+](=O)[O-])=C(\OC(C)=O)c1ccccc1N=[N+]=[N-]. The van der Waals surface area contributed by atoms with Crippen molar-refractivity contribution in [3.05, 3.63) is 56.0 Å². The van der Waals surface area contributed by atoms with Crippen LogP contribution in [0.1, 0.15) is 19.4 Å². The predicted octanol–water partition coefficient (Wildman–Crippen LogP) is 2.74. The number of benzene rings is 1. The van der Waals surface area contributed by atoms with Crippen LogP contribution in [0.3, 0.4) is 0 Å². The van der Waals surface area contributed by atoms with Crippen LogP contribution in [0, 0.1) is 10.1 Å². The van der Waals surface area contributed by atoms with Crippen LogP contribution in [-0.4, -0.2) is 30.0 Å². The van der Waals surface area contributed by atoms with Crippen molar-refractivity contribution < 1.29 is 24.0 Å². The molecule has 24 heavy (non-hydrogen) atoms. The maximum Gasteiger partial charge on any atom is 0.344 e. The first-order valence-electron chi connectivity index (χ1n) is 6.75. The van der Waals surface area contributed by atoms with E-state index in [1.165, 1.54) is 25.1 Å². The number of nitro groups is 1. The molecule has 0 amide bonds. The first-order chi connectivity index (χ1) is 11.4. The van der Waals surface area contributed by atoms with Gasteiger partial charge in [-0.2, -0.15) is 0 Å².